The van der Waals surface area contributed by atoms with Crippen molar-refractivity contribution in [3.05, 3.63) is 29.8 Å². The fourth-order valence-corrected chi connectivity index (χ4v) is 2.95. The molecule has 1 aromatic carbocycles. The molecule has 1 N–H and O–H groups in total. The van der Waals surface area contributed by atoms with Gasteiger partial charge in [-0.2, -0.15) is 0 Å². The normalized spacial score (nSPS) is 22.2. The molecule has 0 radical (unpaired) electrons. The van der Waals surface area contributed by atoms with Gasteiger partial charge in [0, 0.05) is 6.42 Å². The monoisotopic (exact) mass is 289 g/mol. The number of nitrogens with zero attached hydrogens (tertiary/aromatic N) is 1. The van der Waals surface area contributed by atoms with E-state index in [1.54, 1.807) is 0 Å². The van der Waals surface area contributed by atoms with Crippen LogP contribution in [0.1, 0.15) is 44.0 Å². The highest BCUT2D eigenvalue weighted by atomic mass is 16.4. The van der Waals surface area contributed by atoms with Crippen LogP contribution in [-0.4, -0.2) is 22.9 Å². The van der Waals surface area contributed by atoms with Crippen molar-refractivity contribution in [2.24, 2.45) is 11.3 Å². The molecule has 0 unspecified atom stereocenters. The van der Waals surface area contributed by atoms with Gasteiger partial charge in [0.25, 0.3) is 0 Å². The molecule has 5 heteroatoms. The predicted octanol–water partition coefficient (Wildman–Crippen LogP) is 2.70. The number of aromatic carboxylic acids is 1. The summed E-state index contributed by atoms with van der Waals surface area (Å²) >= 11 is 0. The first kappa shape index (κ1) is 15.2. The summed E-state index contributed by atoms with van der Waals surface area (Å²) in [5.41, 5.74) is -0.109. The van der Waals surface area contributed by atoms with Gasteiger partial charge < -0.3 is 5.11 Å². The maximum absolute atomic E-state index is 12.6. The Balaban J connectivity index is 2.30. The number of hydrogen-bond donors (Lipinski definition) is 1. The molecule has 1 aliphatic heterocycles. The molecule has 21 heavy (non-hydrogen) atoms. The first-order valence-electron chi connectivity index (χ1n) is 6.95. The fraction of sp³-hybridized carbons (Fsp3) is 0.438. The molecule has 1 fully saturated rings. The maximum Gasteiger partial charge on any atom is 0.335 e. The molecule has 112 valence electrons. The van der Waals surface area contributed by atoms with Crippen molar-refractivity contribution in [1.29, 1.82) is 0 Å². The number of hydrogen-bond acceptors (Lipinski definition) is 3. The summed E-state index contributed by atoms with van der Waals surface area (Å²) in [5.74, 6) is -1.15. The molecule has 1 aromatic rings. The highest BCUT2D eigenvalue weighted by molar-refractivity contribution is 6.22. The van der Waals surface area contributed by atoms with E-state index in [1.165, 1.54) is 29.2 Å². The minimum Gasteiger partial charge on any atom is -0.478 e. The van der Waals surface area contributed by atoms with Crippen molar-refractivity contribution < 1.29 is 19.5 Å². The number of carboxylic acids is 1. The lowest BCUT2D eigenvalue weighted by molar-refractivity contribution is -0.125. The lowest BCUT2D eigenvalue weighted by atomic mass is 9.80. The third-order valence-electron chi connectivity index (χ3n) is 3.74. The standard InChI is InChI=1S/C16H19NO4/c1-10(2)8-16(3)9-13(18)17(15(16)21)12-6-4-11(5-7-12)14(19)20/h4-7,10H,8-9H2,1-3H3,(H,19,20)/t16-/m1/s1. The molecule has 1 atom stereocenters. The Morgan fingerprint density at radius 2 is 1.86 bits per heavy atom. The van der Waals surface area contributed by atoms with Crippen molar-refractivity contribution in [2.45, 2.75) is 33.6 Å². The maximum atomic E-state index is 12.6. The lowest BCUT2D eigenvalue weighted by Gasteiger charge is -2.24. The first-order chi connectivity index (χ1) is 9.74. The van der Waals surface area contributed by atoms with Gasteiger partial charge in [0.15, 0.2) is 0 Å². The summed E-state index contributed by atoms with van der Waals surface area (Å²) in [4.78, 5) is 36.8. The average Bonchev–Trinajstić information content (AvgIpc) is 2.59. The second kappa shape index (κ2) is 5.31. The van der Waals surface area contributed by atoms with E-state index in [1.807, 2.05) is 20.8 Å². The molecule has 2 rings (SSSR count). The van der Waals surface area contributed by atoms with Crippen LogP contribution in [0.2, 0.25) is 0 Å². The molecule has 0 bridgehead atoms. The topological polar surface area (TPSA) is 74.7 Å². The van der Waals surface area contributed by atoms with Crippen LogP contribution in [0.5, 0.6) is 0 Å². The molecular formula is C16H19NO4. The Morgan fingerprint density at radius 1 is 1.29 bits per heavy atom. The molecule has 0 spiro atoms. The number of amides is 2. The molecule has 1 aliphatic rings. The Labute approximate surface area is 123 Å². The molecule has 2 amide bonds. The quantitative estimate of drug-likeness (QED) is 0.865. The minimum absolute atomic E-state index is 0.128. The Bertz CT molecular complexity index is 591. The van der Waals surface area contributed by atoms with Crippen molar-refractivity contribution in [3.63, 3.8) is 0 Å². The van der Waals surface area contributed by atoms with Crippen LogP contribution in [0.15, 0.2) is 24.3 Å². The SMILES string of the molecule is CC(C)C[C@]1(C)CC(=O)N(c2ccc(C(=O)O)cc2)C1=O. The summed E-state index contributed by atoms with van der Waals surface area (Å²) < 4.78 is 0. The van der Waals surface area contributed by atoms with Crippen molar-refractivity contribution in [2.75, 3.05) is 4.90 Å². The van der Waals surface area contributed by atoms with Crippen LogP contribution < -0.4 is 4.90 Å². The first-order valence-corrected chi connectivity index (χ1v) is 6.95. The predicted molar refractivity (Wildman–Crippen MR) is 78.1 cm³/mol. The number of anilines is 1. The lowest BCUT2D eigenvalue weighted by Crippen LogP contribution is -2.34. The molecule has 1 heterocycles. The van der Waals surface area contributed by atoms with Gasteiger partial charge in [0.05, 0.1) is 16.7 Å². The number of imide groups is 1. The molecule has 1 saturated heterocycles. The second-order valence-electron chi connectivity index (χ2n) is 6.22. The Hall–Kier alpha value is -2.17. The Morgan fingerprint density at radius 3 is 2.33 bits per heavy atom. The van der Waals surface area contributed by atoms with Crippen LogP contribution in [0.3, 0.4) is 0 Å². The number of benzene rings is 1. The van der Waals surface area contributed by atoms with Crippen molar-refractivity contribution in [1.82, 2.24) is 0 Å². The highest BCUT2D eigenvalue weighted by Gasteiger charge is 2.48. The van der Waals surface area contributed by atoms with Crippen LogP contribution in [0.25, 0.3) is 0 Å². The van der Waals surface area contributed by atoms with Gasteiger partial charge in [-0.05, 0) is 36.6 Å². The number of carbonyl (C=O) groups excluding carboxylic acids is 2. The van der Waals surface area contributed by atoms with Crippen molar-refractivity contribution in [3.8, 4) is 0 Å². The van der Waals surface area contributed by atoms with Gasteiger partial charge in [-0.15, -0.1) is 0 Å². The van der Waals surface area contributed by atoms with Gasteiger partial charge >= 0.3 is 5.97 Å². The van der Waals surface area contributed by atoms with E-state index in [-0.39, 0.29) is 23.8 Å². The van der Waals surface area contributed by atoms with Gasteiger partial charge in [-0.25, -0.2) is 4.79 Å². The van der Waals surface area contributed by atoms with E-state index in [9.17, 15) is 14.4 Å². The van der Waals surface area contributed by atoms with E-state index in [2.05, 4.69) is 0 Å². The van der Waals surface area contributed by atoms with Gasteiger partial charge in [0.1, 0.15) is 0 Å². The van der Waals surface area contributed by atoms with Crippen LogP contribution >= 0.6 is 0 Å². The van der Waals surface area contributed by atoms with Gasteiger partial charge in [-0.3, -0.25) is 14.5 Å². The minimum atomic E-state index is -1.04. The van der Waals surface area contributed by atoms with Crippen molar-refractivity contribution >= 4 is 23.5 Å². The van der Waals surface area contributed by atoms with E-state index in [0.29, 0.717) is 18.0 Å². The van der Waals surface area contributed by atoms with Gasteiger partial charge in [-0.1, -0.05) is 20.8 Å². The van der Waals surface area contributed by atoms with E-state index in [4.69, 9.17) is 5.11 Å². The number of carbonyl (C=O) groups is 3. The largest absolute Gasteiger partial charge is 0.478 e. The molecular weight excluding hydrogens is 270 g/mol. The van der Waals surface area contributed by atoms with Crippen LogP contribution in [-0.2, 0) is 9.59 Å². The molecule has 5 nitrogen and oxygen atoms in total. The smallest absolute Gasteiger partial charge is 0.335 e. The summed E-state index contributed by atoms with van der Waals surface area (Å²) in [6, 6.07) is 5.80. The van der Waals surface area contributed by atoms with Gasteiger partial charge in [0.2, 0.25) is 11.8 Å². The zero-order chi connectivity index (χ0) is 15.8. The summed E-state index contributed by atoms with van der Waals surface area (Å²) in [7, 11) is 0. The average molecular weight is 289 g/mol. The van der Waals surface area contributed by atoms with E-state index < -0.39 is 11.4 Å². The third-order valence-corrected chi connectivity index (χ3v) is 3.74. The third kappa shape index (κ3) is 2.82. The molecule has 0 aliphatic carbocycles. The fourth-order valence-electron chi connectivity index (χ4n) is 2.95. The summed E-state index contributed by atoms with van der Waals surface area (Å²) in [5, 5.41) is 8.88. The summed E-state index contributed by atoms with van der Waals surface area (Å²) in [6.45, 7) is 5.86. The zero-order valence-corrected chi connectivity index (χ0v) is 12.4. The van der Waals surface area contributed by atoms with Crippen LogP contribution in [0, 0.1) is 11.3 Å². The van der Waals surface area contributed by atoms with E-state index in [0.717, 1.165) is 0 Å². The molecule has 0 aromatic heterocycles. The number of rotatable bonds is 4. The highest BCUT2D eigenvalue weighted by Crippen LogP contribution is 2.40. The number of carboxylic acid groups (broad SMARTS) is 1. The second-order valence-corrected chi connectivity index (χ2v) is 6.22. The zero-order valence-electron chi connectivity index (χ0n) is 12.4. The summed E-state index contributed by atoms with van der Waals surface area (Å²) in [6.07, 6.45) is 0.853. The van der Waals surface area contributed by atoms with Crippen LogP contribution in [0.4, 0.5) is 5.69 Å². The van der Waals surface area contributed by atoms with E-state index >= 15 is 0 Å². The Kier molecular flexibility index (Phi) is 3.85. The molecule has 0 saturated carbocycles.